The molecule has 0 spiro atoms. The summed E-state index contributed by atoms with van der Waals surface area (Å²) in [6.45, 7) is 7.95. The number of carbonyl (C=O) groups is 1. The van der Waals surface area contributed by atoms with Crippen molar-refractivity contribution in [3.63, 3.8) is 0 Å². The summed E-state index contributed by atoms with van der Waals surface area (Å²) in [6, 6.07) is 14.1. The predicted octanol–water partition coefficient (Wildman–Crippen LogP) is 3.24. The van der Waals surface area contributed by atoms with Gasteiger partial charge in [0.25, 0.3) is 5.91 Å². The molecule has 1 aliphatic rings. The molecule has 138 valence electrons. The van der Waals surface area contributed by atoms with Gasteiger partial charge in [-0.05, 0) is 48.5 Å². The van der Waals surface area contributed by atoms with Crippen molar-refractivity contribution in [1.29, 1.82) is 0 Å². The standard InChI is InChI=1S/C21H26FN3O/c1-3-24-12-14-25(15-13-24)20-10-6-18(7-11-20)21(26)23(2)16-17-4-8-19(22)9-5-17/h4-11H,3,12-16H2,1-2H3. The Labute approximate surface area is 154 Å². The number of carbonyl (C=O) groups excluding carboxylic acids is 1. The number of halogens is 1. The lowest BCUT2D eigenvalue weighted by molar-refractivity contribution is 0.0785. The first kappa shape index (κ1) is 18.4. The summed E-state index contributed by atoms with van der Waals surface area (Å²) in [6.07, 6.45) is 0. The van der Waals surface area contributed by atoms with Crippen LogP contribution in [0.1, 0.15) is 22.8 Å². The van der Waals surface area contributed by atoms with Crippen LogP contribution in [-0.2, 0) is 6.54 Å². The maximum atomic E-state index is 13.0. The highest BCUT2D eigenvalue weighted by molar-refractivity contribution is 5.94. The molecule has 1 saturated heterocycles. The van der Waals surface area contributed by atoms with Crippen LogP contribution in [0.5, 0.6) is 0 Å². The second kappa shape index (κ2) is 8.32. The van der Waals surface area contributed by atoms with Crippen LogP contribution in [0.25, 0.3) is 0 Å². The van der Waals surface area contributed by atoms with Gasteiger partial charge < -0.3 is 14.7 Å². The van der Waals surface area contributed by atoms with Gasteiger partial charge in [-0.3, -0.25) is 4.79 Å². The predicted molar refractivity (Wildman–Crippen MR) is 103 cm³/mol. The lowest BCUT2D eigenvalue weighted by Crippen LogP contribution is -2.46. The molecule has 2 aromatic rings. The van der Waals surface area contributed by atoms with E-state index in [9.17, 15) is 9.18 Å². The summed E-state index contributed by atoms with van der Waals surface area (Å²) in [5.41, 5.74) is 2.75. The summed E-state index contributed by atoms with van der Waals surface area (Å²) < 4.78 is 13.0. The Hall–Kier alpha value is -2.40. The van der Waals surface area contributed by atoms with Crippen molar-refractivity contribution < 1.29 is 9.18 Å². The van der Waals surface area contributed by atoms with Gasteiger partial charge in [0.15, 0.2) is 0 Å². The second-order valence-electron chi connectivity index (χ2n) is 6.76. The molecule has 0 aliphatic carbocycles. The van der Waals surface area contributed by atoms with Gasteiger partial charge in [0, 0.05) is 51.0 Å². The van der Waals surface area contributed by atoms with E-state index in [1.54, 1.807) is 24.1 Å². The molecule has 1 aliphatic heterocycles. The van der Waals surface area contributed by atoms with Crippen LogP contribution in [0, 0.1) is 5.82 Å². The average Bonchev–Trinajstić information content (AvgIpc) is 2.69. The molecule has 2 aromatic carbocycles. The number of nitrogens with zero attached hydrogens (tertiary/aromatic N) is 3. The fourth-order valence-electron chi connectivity index (χ4n) is 3.29. The molecule has 4 nitrogen and oxygen atoms in total. The first-order chi connectivity index (χ1) is 12.6. The Morgan fingerprint density at radius 1 is 1.00 bits per heavy atom. The molecule has 3 rings (SSSR count). The lowest BCUT2D eigenvalue weighted by atomic mass is 10.1. The maximum Gasteiger partial charge on any atom is 0.253 e. The first-order valence-electron chi connectivity index (χ1n) is 9.14. The number of likely N-dealkylation sites (N-methyl/N-ethyl adjacent to an activating group) is 1. The van der Waals surface area contributed by atoms with E-state index in [-0.39, 0.29) is 11.7 Å². The molecule has 1 heterocycles. The third kappa shape index (κ3) is 4.41. The molecule has 26 heavy (non-hydrogen) atoms. The SMILES string of the molecule is CCN1CCN(c2ccc(C(=O)N(C)Cc3ccc(F)cc3)cc2)CC1. The largest absolute Gasteiger partial charge is 0.369 e. The zero-order chi connectivity index (χ0) is 18.5. The minimum Gasteiger partial charge on any atom is -0.369 e. The summed E-state index contributed by atoms with van der Waals surface area (Å²) in [5, 5.41) is 0. The number of hydrogen-bond acceptors (Lipinski definition) is 3. The Balaban J connectivity index is 1.60. The molecule has 1 fully saturated rings. The van der Waals surface area contributed by atoms with Crippen LogP contribution < -0.4 is 4.90 Å². The van der Waals surface area contributed by atoms with Gasteiger partial charge in [-0.1, -0.05) is 19.1 Å². The average molecular weight is 355 g/mol. The van der Waals surface area contributed by atoms with E-state index in [0.29, 0.717) is 12.1 Å². The highest BCUT2D eigenvalue weighted by Crippen LogP contribution is 2.18. The minimum absolute atomic E-state index is 0.0309. The molecule has 0 radical (unpaired) electrons. The van der Waals surface area contributed by atoms with Crippen LogP contribution in [-0.4, -0.2) is 55.5 Å². The minimum atomic E-state index is -0.266. The Morgan fingerprint density at radius 2 is 1.62 bits per heavy atom. The van der Waals surface area contributed by atoms with Crippen molar-refractivity contribution >= 4 is 11.6 Å². The third-order valence-corrected chi connectivity index (χ3v) is 4.98. The topological polar surface area (TPSA) is 26.8 Å². The van der Waals surface area contributed by atoms with Crippen LogP contribution in [0.2, 0.25) is 0 Å². The van der Waals surface area contributed by atoms with Crippen LogP contribution >= 0.6 is 0 Å². The van der Waals surface area contributed by atoms with Gasteiger partial charge in [-0.2, -0.15) is 0 Å². The monoisotopic (exact) mass is 355 g/mol. The normalized spacial score (nSPS) is 15.1. The fraction of sp³-hybridized carbons (Fsp3) is 0.381. The quantitative estimate of drug-likeness (QED) is 0.824. The van der Waals surface area contributed by atoms with Crippen molar-refractivity contribution in [2.24, 2.45) is 0 Å². The molecule has 0 bridgehead atoms. The van der Waals surface area contributed by atoms with Gasteiger partial charge in [0.1, 0.15) is 5.82 Å². The van der Waals surface area contributed by atoms with E-state index in [4.69, 9.17) is 0 Å². The van der Waals surface area contributed by atoms with Crippen molar-refractivity contribution in [3.8, 4) is 0 Å². The number of benzene rings is 2. The van der Waals surface area contributed by atoms with Crippen molar-refractivity contribution in [2.75, 3.05) is 44.7 Å². The molecule has 0 N–H and O–H groups in total. The molecular formula is C21H26FN3O. The number of rotatable bonds is 5. The van der Waals surface area contributed by atoms with E-state index in [1.165, 1.54) is 17.8 Å². The zero-order valence-electron chi connectivity index (χ0n) is 15.5. The van der Waals surface area contributed by atoms with E-state index >= 15 is 0 Å². The van der Waals surface area contributed by atoms with Gasteiger partial charge >= 0.3 is 0 Å². The first-order valence-corrected chi connectivity index (χ1v) is 9.14. The molecule has 5 heteroatoms. The molecule has 1 amide bonds. The number of anilines is 1. The number of hydrogen-bond donors (Lipinski definition) is 0. The van der Waals surface area contributed by atoms with Crippen molar-refractivity contribution in [1.82, 2.24) is 9.80 Å². The van der Waals surface area contributed by atoms with E-state index < -0.39 is 0 Å². The molecule has 0 saturated carbocycles. The number of amides is 1. The van der Waals surface area contributed by atoms with Crippen LogP contribution in [0.3, 0.4) is 0 Å². The summed E-state index contributed by atoms with van der Waals surface area (Å²) in [4.78, 5) is 19.1. The lowest BCUT2D eigenvalue weighted by Gasteiger charge is -2.35. The van der Waals surface area contributed by atoms with Gasteiger partial charge in [-0.25, -0.2) is 4.39 Å². The number of piperazine rings is 1. The highest BCUT2D eigenvalue weighted by atomic mass is 19.1. The van der Waals surface area contributed by atoms with Crippen LogP contribution in [0.4, 0.5) is 10.1 Å². The van der Waals surface area contributed by atoms with Crippen molar-refractivity contribution in [2.45, 2.75) is 13.5 Å². The molecular weight excluding hydrogens is 329 g/mol. The zero-order valence-corrected chi connectivity index (χ0v) is 15.5. The fourth-order valence-corrected chi connectivity index (χ4v) is 3.29. The third-order valence-electron chi connectivity index (χ3n) is 4.98. The molecule has 0 aromatic heterocycles. The Morgan fingerprint density at radius 3 is 2.19 bits per heavy atom. The van der Waals surface area contributed by atoms with E-state index in [2.05, 4.69) is 16.7 Å². The summed E-state index contributed by atoms with van der Waals surface area (Å²) in [5.74, 6) is -0.297. The van der Waals surface area contributed by atoms with Crippen LogP contribution in [0.15, 0.2) is 48.5 Å². The molecule has 0 unspecified atom stereocenters. The van der Waals surface area contributed by atoms with Gasteiger partial charge in [0.2, 0.25) is 0 Å². The summed E-state index contributed by atoms with van der Waals surface area (Å²) in [7, 11) is 1.77. The Bertz CT molecular complexity index is 722. The van der Waals surface area contributed by atoms with Crippen molar-refractivity contribution in [3.05, 3.63) is 65.5 Å². The maximum absolute atomic E-state index is 13.0. The summed E-state index contributed by atoms with van der Waals surface area (Å²) >= 11 is 0. The second-order valence-corrected chi connectivity index (χ2v) is 6.76. The highest BCUT2D eigenvalue weighted by Gasteiger charge is 2.17. The smallest absolute Gasteiger partial charge is 0.253 e. The molecule has 0 atom stereocenters. The van der Waals surface area contributed by atoms with E-state index in [1.807, 2.05) is 24.3 Å². The Kier molecular flexibility index (Phi) is 5.89. The van der Waals surface area contributed by atoms with E-state index in [0.717, 1.165) is 38.3 Å². The van der Waals surface area contributed by atoms with Gasteiger partial charge in [-0.15, -0.1) is 0 Å². The van der Waals surface area contributed by atoms with Gasteiger partial charge in [0.05, 0.1) is 0 Å².